The van der Waals surface area contributed by atoms with Gasteiger partial charge >= 0.3 is 6.03 Å². The number of carbonyl (C=O) groups excluding carboxylic acids is 3. The number of hydrogen-bond donors (Lipinski definition) is 2. The van der Waals surface area contributed by atoms with Crippen molar-refractivity contribution >= 4 is 17.9 Å². The Hall–Kier alpha value is -1.59. The second kappa shape index (κ2) is 3.44. The number of carboxylic acids is 1. The Kier molecular flexibility index (Phi) is 2.89. The van der Waals surface area contributed by atoms with E-state index < -0.39 is 24.3 Å². The highest BCUT2D eigenvalue weighted by atomic mass is 16.4. The zero-order chi connectivity index (χ0) is 8.15. The van der Waals surface area contributed by atoms with E-state index in [1.165, 1.54) is 0 Å². The Labute approximate surface area is 56.0 Å². The molecule has 0 aromatic heterocycles. The number of rotatable bonds is 2. The molecule has 0 aromatic carbocycles. The van der Waals surface area contributed by atoms with Gasteiger partial charge in [-0.05, 0) is 0 Å². The summed E-state index contributed by atoms with van der Waals surface area (Å²) in [6.45, 7) is 0. The van der Waals surface area contributed by atoms with Gasteiger partial charge in [0.25, 0.3) is 0 Å². The Morgan fingerprint density at radius 1 is 1.40 bits per heavy atom. The van der Waals surface area contributed by atoms with E-state index in [0.29, 0.717) is 0 Å². The summed E-state index contributed by atoms with van der Waals surface area (Å²) in [7, 11) is 0. The molecule has 6 nitrogen and oxygen atoms in total. The van der Waals surface area contributed by atoms with E-state index in [1.807, 2.05) is 0 Å². The highest BCUT2D eigenvalue weighted by Crippen LogP contribution is 1.74. The predicted octanol–water partition coefficient (Wildman–Crippen LogP) is -2.68. The van der Waals surface area contributed by atoms with Gasteiger partial charge in [-0.15, -0.1) is 0 Å². The van der Waals surface area contributed by atoms with Crippen molar-refractivity contribution in [2.24, 2.45) is 5.73 Å². The third-order valence-electron chi connectivity index (χ3n) is 0.568. The van der Waals surface area contributed by atoms with Crippen molar-refractivity contribution in [2.75, 3.05) is 0 Å². The molecule has 0 unspecified atom stereocenters. The Bertz CT molecular complexity index is 158. The number of imide groups is 1. The molecule has 56 valence electrons. The van der Waals surface area contributed by atoms with Crippen LogP contribution >= 0.6 is 0 Å². The normalized spacial score (nSPS) is 8.40. The molecule has 0 bridgehead atoms. The number of carboxylic acid groups (broad SMARTS) is 1. The summed E-state index contributed by atoms with van der Waals surface area (Å²) in [5, 5.41) is 11.2. The smallest absolute Gasteiger partial charge is 0.318 e. The number of aliphatic carboxylic acids is 1. The lowest BCUT2D eigenvalue weighted by Crippen LogP contribution is -2.38. The lowest BCUT2D eigenvalue weighted by Gasteiger charge is -1.99. The van der Waals surface area contributed by atoms with Gasteiger partial charge in [0, 0.05) is 0 Å². The van der Waals surface area contributed by atoms with Crippen LogP contribution in [-0.2, 0) is 9.59 Å². The zero-order valence-corrected chi connectivity index (χ0v) is 4.92. The van der Waals surface area contributed by atoms with E-state index in [1.54, 1.807) is 5.32 Å². The fourth-order valence-electron chi connectivity index (χ4n) is 0.313. The summed E-state index contributed by atoms with van der Waals surface area (Å²) in [5.74, 6) is -2.54. The first-order valence-electron chi connectivity index (χ1n) is 2.31. The van der Waals surface area contributed by atoms with Gasteiger partial charge in [-0.25, -0.2) is 4.79 Å². The van der Waals surface area contributed by atoms with Gasteiger partial charge in [0.15, 0.2) is 0 Å². The van der Waals surface area contributed by atoms with E-state index in [9.17, 15) is 19.5 Å². The first-order valence-corrected chi connectivity index (χ1v) is 2.31. The fraction of sp³-hybridized carbons (Fsp3) is 0.250. The summed E-state index contributed by atoms with van der Waals surface area (Å²) in [5.41, 5.74) is 4.48. The Morgan fingerprint density at radius 3 is 2.20 bits per heavy atom. The molecule has 0 saturated carbocycles. The number of urea groups is 1. The maximum absolute atomic E-state index is 10.2. The van der Waals surface area contributed by atoms with Crippen LogP contribution in [0.2, 0.25) is 0 Å². The van der Waals surface area contributed by atoms with Crippen LogP contribution in [0.15, 0.2) is 0 Å². The van der Waals surface area contributed by atoms with Crippen molar-refractivity contribution in [1.29, 1.82) is 0 Å². The fourth-order valence-corrected chi connectivity index (χ4v) is 0.313. The third kappa shape index (κ3) is 4.57. The molecular formula is C4H5N2O4-. The van der Waals surface area contributed by atoms with Gasteiger partial charge < -0.3 is 15.6 Å². The minimum Gasteiger partial charge on any atom is -0.550 e. The Morgan fingerprint density at radius 2 is 1.90 bits per heavy atom. The summed E-state index contributed by atoms with van der Waals surface area (Å²) in [4.78, 5) is 29.8. The standard InChI is InChI=1S/C4H6N2O4/c5-4(10)6-2(7)1-3(8)9/h1H2,(H,8,9)(H3,5,6,7,10)/p-1. The Balaban J connectivity index is 3.65. The molecule has 0 rings (SSSR count). The van der Waals surface area contributed by atoms with Crippen LogP contribution in [0.1, 0.15) is 6.42 Å². The summed E-state index contributed by atoms with van der Waals surface area (Å²) >= 11 is 0. The summed E-state index contributed by atoms with van der Waals surface area (Å²) < 4.78 is 0. The lowest BCUT2D eigenvalue weighted by atomic mass is 10.4. The number of primary amides is 1. The van der Waals surface area contributed by atoms with E-state index >= 15 is 0 Å². The zero-order valence-electron chi connectivity index (χ0n) is 4.92. The largest absolute Gasteiger partial charge is 0.550 e. The van der Waals surface area contributed by atoms with Gasteiger partial charge in [0.2, 0.25) is 5.91 Å². The number of hydrogen-bond acceptors (Lipinski definition) is 4. The molecule has 10 heavy (non-hydrogen) atoms. The van der Waals surface area contributed by atoms with Gasteiger partial charge in [-0.2, -0.15) is 0 Å². The molecule has 6 heteroatoms. The van der Waals surface area contributed by atoms with Crippen LogP contribution in [0.5, 0.6) is 0 Å². The molecule has 0 heterocycles. The highest BCUT2D eigenvalue weighted by molar-refractivity contribution is 6.00. The second-order valence-corrected chi connectivity index (χ2v) is 1.46. The van der Waals surface area contributed by atoms with E-state index in [-0.39, 0.29) is 0 Å². The second-order valence-electron chi connectivity index (χ2n) is 1.46. The molecule has 0 aromatic rings. The number of nitrogens with one attached hydrogen (secondary N) is 1. The van der Waals surface area contributed by atoms with Crippen LogP contribution in [0.4, 0.5) is 4.79 Å². The van der Waals surface area contributed by atoms with E-state index in [2.05, 4.69) is 5.73 Å². The molecule has 3 N–H and O–H groups in total. The van der Waals surface area contributed by atoms with Crippen molar-refractivity contribution in [3.8, 4) is 0 Å². The van der Waals surface area contributed by atoms with Crippen LogP contribution in [-0.4, -0.2) is 17.9 Å². The lowest BCUT2D eigenvalue weighted by molar-refractivity contribution is -0.304. The molecule has 0 aliphatic rings. The molecule has 0 saturated heterocycles. The quantitative estimate of drug-likeness (QED) is 0.412. The maximum atomic E-state index is 10.2. The number of amides is 3. The highest BCUT2D eigenvalue weighted by Gasteiger charge is 2.02. The predicted molar refractivity (Wildman–Crippen MR) is 27.4 cm³/mol. The van der Waals surface area contributed by atoms with Crippen molar-refractivity contribution in [3.63, 3.8) is 0 Å². The van der Waals surface area contributed by atoms with E-state index in [0.717, 1.165) is 0 Å². The molecule has 0 aliphatic heterocycles. The van der Waals surface area contributed by atoms with Gasteiger partial charge in [-0.1, -0.05) is 0 Å². The first-order chi connectivity index (χ1) is 4.52. The van der Waals surface area contributed by atoms with Gasteiger partial charge in [0.05, 0.1) is 12.4 Å². The molecule has 0 aliphatic carbocycles. The van der Waals surface area contributed by atoms with Crippen LogP contribution in [0, 0.1) is 0 Å². The minimum atomic E-state index is -1.56. The first kappa shape index (κ1) is 8.41. The SMILES string of the molecule is NC(=O)NC(=O)CC(=O)[O-]. The van der Waals surface area contributed by atoms with Crippen LogP contribution in [0.3, 0.4) is 0 Å². The van der Waals surface area contributed by atoms with Crippen molar-refractivity contribution in [1.82, 2.24) is 5.32 Å². The maximum Gasteiger partial charge on any atom is 0.318 e. The number of nitrogens with two attached hydrogens (primary N) is 1. The van der Waals surface area contributed by atoms with Crippen molar-refractivity contribution in [2.45, 2.75) is 6.42 Å². The molecule has 0 spiro atoms. The van der Waals surface area contributed by atoms with Crippen LogP contribution in [0.25, 0.3) is 0 Å². The third-order valence-corrected chi connectivity index (χ3v) is 0.568. The average Bonchev–Trinajstić information content (AvgIpc) is 1.58. The van der Waals surface area contributed by atoms with Crippen molar-refractivity contribution < 1.29 is 19.5 Å². The molecule has 0 atom stereocenters. The number of carbonyl (C=O) groups is 3. The molecule has 0 radical (unpaired) electrons. The summed E-state index contributed by atoms with van der Waals surface area (Å²) in [6, 6.07) is -1.08. The molecule has 3 amide bonds. The van der Waals surface area contributed by atoms with Gasteiger partial charge in [-0.3, -0.25) is 10.1 Å². The van der Waals surface area contributed by atoms with E-state index in [4.69, 9.17) is 0 Å². The minimum absolute atomic E-state index is 0.858. The summed E-state index contributed by atoms with van der Waals surface area (Å²) in [6.07, 6.45) is -0.858. The molecular weight excluding hydrogens is 140 g/mol. The molecule has 0 fully saturated rings. The van der Waals surface area contributed by atoms with Gasteiger partial charge in [0.1, 0.15) is 0 Å². The van der Waals surface area contributed by atoms with Crippen LogP contribution < -0.4 is 16.2 Å². The average molecular weight is 145 g/mol. The van der Waals surface area contributed by atoms with Crippen molar-refractivity contribution in [3.05, 3.63) is 0 Å². The monoisotopic (exact) mass is 145 g/mol. The topological polar surface area (TPSA) is 112 Å².